The highest BCUT2D eigenvalue weighted by atomic mass is 32.2. The molecule has 1 aromatic heterocycles. The molecule has 0 radical (unpaired) electrons. The standard InChI is InChI=1S/C28H31N3O5S2/c1-3-30-15-14-23-24(18-30)37-27(25(23)28(33)36-4-2)29-26(32)20-9-11-22(12-10-20)38(34,35)31-16-13-19-7-5-6-8-21(19)17-31/h5-12H,3-4,13-18H2,1-2H3,(H,29,32)/p+1. The van der Waals surface area contributed by atoms with E-state index in [2.05, 4.69) is 12.2 Å². The second-order valence-electron chi connectivity index (χ2n) is 9.54. The SMILES string of the molecule is CCOC(=O)c1c(NC(=O)c2ccc(S(=O)(=O)N3CCc4ccccc4C3)cc2)sc2c1CC[NH+](CC)C2. The Labute approximate surface area is 227 Å². The third kappa shape index (κ3) is 5.13. The first kappa shape index (κ1) is 26.6. The Kier molecular flexibility index (Phi) is 7.67. The van der Waals surface area contributed by atoms with Crippen molar-refractivity contribution in [1.82, 2.24) is 4.31 Å². The molecule has 0 fully saturated rings. The molecule has 5 rings (SSSR count). The molecule has 2 aliphatic rings. The molecule has 2 aliphatic heterocycles. The zero-order valence-corrected chi connectivity index (χ0v) is 23.2. The number of nitrogens with zero attached hydrogens (tertiary/aromatic N) is 1. The van der Waals surface area contributed by atoms with Crippen LogP contribution in [0.2, 0.25) is 0 Å². The molecule has 0 spiro atoms. The van der Waals surface area contributed by atoms with Gasteiger partial charge >= 0.3 is 5.97 Å². The summed E-state index contributed by atoms with van der Waals surface area (Å²) in [5.41, 5.74) is 3.91. The number of hydrogen-bond acceptors (Lipinski definition) is 6. The van der Waals surface area contributed by atoms with Crippen molar-refractivity contribution in [3.63, 3.8) is 0 Å². The molecule has 8 nitrogen and oxygen atoms in total. The minimum atomic E-state index is -3.70. The Morgan fingerprint density at radius 3 is 2.50 bits per heavy atom. The van der Waals surface area contributed by atoms with E-state index in [1.54, 1.807) is 6.92 Å². The molecule has 0 saturated carbocycles. The van der Waals surface area contributed by atoms with Crippen molar-refractivity contribution < 1.29 is 27.6 Å². The van der Waals surface area contributed by atoms with Crippen molar-refractivity contribution in [2.45, 2.75) is 44.7 Å². The Hall–Kier alpha value is -3.05. The maximum Gasteiger partial charge on any atom is 0.341 e. The number of sulfonamides is 1. The third-order valence-electron chi connectivity index (χ3n) is 7.29. The van der Waals surface area contributed by atoms with Gasteiger partial charge in [0, 0.05) is 25.1 Å². The summed E-state index contributed by atoms with van der Waals surface area (Å²) >= 11 is 1.42. The highest BCUT2D eigenvalue weighted by Crippen LogP contribution is 2.36. The van der Waals surface area contributed by atoms with E-state index in [0.717, 1.165) is 42.1 Å². The molecule has 0 saturated heterocycles. The minimum Gasteiger partial charge on any atom is -0.462 e. The Bertz CT molecular complexity index is 1460. The van der Waals surface area contributed by atoms with Crippen molar-refractivity contribution in [3.05, 3.63) is 81.2 Å². The van der Waals surface area contributed by atoms with E-state index in [4.69, 9.17) is 4.74 Å². The highest BCUT2D eigenvalue weighted by molar-refractivity contribution is 7.89. The van der Waals surface area contributed by atoms with E-state index in [-0.39, 0.29) is 11.5 Å². The molecule has 1 atom stereocenters. The maximum absolute atomic E-state index is 13.3. The van der Waals surface area contributed by atoms with Crippen LogP contribution in [-0.4, -0.2) is 50.8 Å². The summed E-state index contributed by atoms with van der Waals surface area (Å²) in [7, 11) is -3.70. The van der Waals surface area contributed by atoms with Gasteiger partial charge in [-0.25, -0.2) is 13.2 Å². The first-order chi connectivity index (χ1) is 18.3. The van der Waals surface area contributed by atoms with Crippen molar-refractivity contribution in [3.8, 4) is 0 Å². The van der Waals surface area contributed by atoms with E-state index < -0.39 is 21.9 Å². The largest absolute Gasteiger partial charge is 0.462 e. The van der Waals surface area contributed by atoms with Crippen LogP contribution >= 0.6 is 11.3 Å². The Balaban J connectivity index is 1.35. The molecule has 3 heterocycles. The van der Waals surface area contributed by atoms with Crippen LogP contribution in [0.1, 0.15) is 56.1 Å². The van der Waals surface area contributed by atoms with Crippen molar-refractivity contribution in [1.29, 1.82) is 0 Å². The Morgan fingerprint density at radius 2 is 1.79 bits per heavy atom. The summed E-state index contributed by atoms with van der Waals surface area (Å²) in [5, 5.41) is 3.38. The number of fused-ring (bicyclic) bond motifs is 2. The number of hydrogen-bond donors (Lipinski definition) is 2. The smallest absolute Gasteiger partial charge is 0.341 e. The molecule has 38 heavy (non-hydrogen) atoms. The number of carbonyl (C=O) groups is 2. The topological polar surface area (TPSA) is 97.2 Å². The number of anilines is 1. The molecule has 3 aromatic rings. The van der Waals surface area contributed by atoms with Crippen LogP contribution in [-0.2, 0) is 40.7 Å². The fraction of sp³-hybridized carbons (Fsp3) is 0.357. The summed E-state index contributed by atoms with van der Waals surface area (Å²) in [6, 6.07) is 13.8. The number of nitrogens with one attached hydrogen (secondary N) is 2. The van der Waals surface area contributed by atoms with Crippen LogP contribution < -0.4 is 10.2 Å². The number of esters is 1. The van der Waals surface area contributed by atoms with Gasteiger partial charge in [0.25, 0.3) is 5.91 Å². The molecule has 10 heteroatoms. The predicted molar refractivity (Wildman–Crippen MR) is 146 cm³/mol. The van der Waals surface area contributed by atoms with Gasteiger partial charge in [0.15, 0.2) is 0 Å². The normalized spacial score (nSPS) is 17.4. The Morgan fingerprint density at radius 1 is 1.05 bits per heavy atom. The number of likely N-dealkylation sites (N-methyl/N-ethyl adjacent to an activating group) is 1. The summed E-state index contributed by atoms with van der Waals surface area (Å²) in [6.45, 7) is 7.63. The number of benzene rings is 2. The number of carbonyl (C=O) groups excluding carboxylic acids is 2. The van der Waals surface area contributed by atoms with Gasteiger partial charge in [-0.1, -0.05) is 24.3 Å². The summed E-state index contributed by atoms with van der Waals surface area (Å²) in [6.07, 6.45) is 1.42. The van der Waals surface area contributed by atoms with E-state index in [0.29, 0.717) is 35.6 Å². The number of amides is 1. The summed E-state index contributed by atoms with van der Waals surface area (Å²) < 4.78 is 33.4. The van der Waals surface area contributed by atoms with Gasteiger partial charge in [-0.05, 0) is 61.2 Å². The second kappa shape index (κ2) is 11.0. The third-order valence-corrected chi connectivity index (χ3v) is 10.3. The van der Waals surface area contributed by atoms with E-state index in [1.807, 2.05) is 24.3 Å². The van der Waals surface area contributed by atoms with Gasteiger partial charge in [0.2, 0.25) is 10.0 Å². The lowest BCUT2D eigenvalue weighted by molar-refractivity contribution is -0.913. The van der Waals surface area contributed by atoms with Crippen LogP contribution in [0.5, 0.6) is 0 Å². The summed E-state index contributed by atoms with van der Waals surface area (Å²) in [4.78, 5) is 28.6. The fourth-order valence-electron chi connectivity index (χ4n) is 5.12. The molecule has 2 N–H and O–H groups in total. The second-order valence-corrected chi connectivity index (χ2v) is 12.6. The van der Waals surface area contributed by atoms with Gasteiger partial charge in [-0.15, -0.1) is 11.3 Å². The van der Waals surface area contributed by atoms with E-state index in [9.17, 15) is 18.0 Å². The van der Waals surface area contributed by atoms with E-state index in [1.165, 1.54) is 50.4 Å². The molecule has 2 aromatic carbocycles. The van der Waals surface area contributed by atoms with Crippen LogP contribution in [0.15, 0.2) is 53.4 Å². The monoisotopic (exact) mass is 554 g/mol. The first-order valence-corrected chi connectivity index (χ1v) is 15.2. The average Bonchev–Trinajstić information content (AvgIpc) is 3.29. The van der Waals surface area contributed by atoms with Crippen LogP contribution in [0.4, 0.5) is 5.00 Å². The molecule has 0 bridgehead atoms. The van der Waals surface area contributed by atoms with Crippen molar-refractivity contribution in [2.24, 2.45) is 0 Å². The lowest BCUT2D eigenvalue weighted by Crippen LogP contribution is -3.11. The molecular weight excluding hydrogens is 522 g/mol. The van der Waals surface area contributed by atoms with Crippen molar-refractivity contribution in [2.75, 3.05) is 31.6 Å². The van der Waals surface area contributed by atoms with Crippen LogP contribution in [0.25, 0.3) is 0 Å². The summed E-state index contributed by atoms with van der Waals surface area (Å²) in [5.74, 6) is -0.825. The fourth-order valence-corrected chi connectivity index (χ4v) is 7.84. The lowest BCUT2D eigenvalue weighted by Gasteiger charge is -2.28. The minimum absolute atomic E-state index is 0.148. The average molecular weight is 555 g/mol. The molecule has 0 aliphatic carbocycles. The van der Waals surface area contributed by atoms with E-state index >= 15 is 0 Å². The highest BCUT2D eigenvalue weighted by Gasteiger charge is 2.32. The number of ether oxygens (including phenoxy) is 1. The van der Waals surface area contributed by atoms with Gasteiger partial charge in [0.05, 0.1) is 35.0 Å². The first-order valence-electron chi connectivity index (χ1n) is 12.9. The number of quaternary nitrogens is 1. The zero-order valence-electron chi connectivity index (χ0n) is 21.6. The van der Waals surface area contributed by atoms with Gasteiger partial charge in [-0.2, -0.15) is 4.31 Å². The zero-order chi connectivity index (χ0) is 26.9. The van der Waals surface area contributed by atoms with Gasteiger partial charge < -0.3 is 15.0 Å². The van der Waals surface area contributed by atoms with Gasteiger partial charge in [0.1, 0.15) is 11.5 Å². The molecular formula is C28H32N3O5S2+. The maximum atomic E-state index is 13.3. The quantitative estimate of drug-likeness (QED) is 0.438. The van der Waals surface area contributed by atoms with Gasteiger partial charge in [-0.3, -0.25) is 4.79 Å². The predicted octanol–water partition coefficient (Wildman–Crippen LogP) is 2.89. The van der Waals surface area contributed by atoms with Crippen LogP contribution in [0.3, 0.4) is 0 Å². The molecule has 1 unspecified atom stereocenters. The number of rotatable bonds is 7. The van der Waals surface area contributed by atoms with Crippen LogP contribution in [0, 0.1) is 0 Å². The number of thiophene rings is 1. The molecule has 200 valence electrons. The lowest BCUT2D eigenvalue weighted by atomic mass is 10.0. The molecule has 1 amide bonds. The van der Waals surface area contributed by atoms with Crippen molar-refractivity contribution >= 4 is 38.2 Å².